The van der Waals surface area contributed by atoms with Crippen molar-refractivity contribution in [3.8, 4) is 0 Å². The van der Waals surface area contributed by atoms with Crippen molar-refractivity contribution < 1.29 is 19.1 Å². The Hall–Kier alpha value is -3.74. The van der Waals surface area contributed by atoms with Crippen molar-refractivity contribution in [1.29, 1.82) is 0 Å². The number of nitrogens with one attached hydrogen (secondary N) is 1. The molecule has 0 bridgehead atoms. The summed E-state index contributed by atoms with van der Waals surface area (Å²) < 4.78 is 5.47. The van der Waals surface area contributed by atoms with Crippen LogP contribution >= 0.6 is 0 Å². The van der Waals surface area contributed by atoms with Crippen LogP contribution in [0.3, 0.4) is 0 Å². The molecule has 1 N–H and O–H groups in total. The van der Waals surface area contributed by atoms with E-state index < -0.39 is 18.5 Å². The molecule has 4 rings (SSSR count). The van der Waals surface area contributed by atoms with Gasteiger partial charge in [-0.1, -0.05) is 43.3 Å². The van der Waals surface area contributed by atoms with Crippen molar-refractivity contribution in [2.75, 3.05) is 25.5 Å². The molecule has 0 saturated heterocycles. The van der Waals surface area contributed by atoms with Crippen molar-refractivity contribution in [2.24, 2.45) is 5.92 Å². The summed E-state index contributed by atoms with van der Waals surface area (Å²) in [5, 5.41) is 3.60. The van der Waals surface area contributed by atoms with E-state index >= 15 is 0 Å². The zero-order valence-electron chi connectivity index (χ0n) is 20.7. The Labute approximate surface area is 205 Å². The monoisotopic (exact) mass is 473 g/mol. The van der Waals surface area contributed by atoms with Gasteiger partial charge < -0.3 is 15.0 Å². The molecule has 1 aliphatic rings. The Kier molecular flexibility index (Phi) is 7.15. The number of benzene rings is 2. The Morgan fingerprint density at radius 2 is 1.80 bits per heavy atom. The van der Waals surface area contributed by atoms with Crippen molar-refractivity contribution in [3.63, 3.8) is 0 Å². The van der Waals surface area contributed by atoms with Gasteiger partial charge in [-0.05, 0) is 61.8 Å². The lowest BCUT2D eigenvalue weighted by Crippen LogP contribution is -2.37. The molecule has 7 heteroatoms. The van der Waals surface area contributed by atoms with E-state index in [1.54, 1.807) is 0 Å². The number of aryl methyl sites for hydroxylation is 3. The number of carbonyl (C=O) groups excluding carboxylic acids is 3. The normalized spacial score (nSPS) is 14.8. The van der Waals surface area contributed by atoms with Crippen molar-refractivity contribution >= 4 is 34.4 Å². The maximum absolute atomic E-state index is 13.2. The number of rotatable bonds is 6. The number of hydrogen-bond acceptors (Lipinski definition) is 5. The summed E-state index contributed by atoms with van der Waals surface area (Å²) in [4.78, 5) is 44.4. The number of amides is 2. The van der Waals surface area contributed by atoms with Gasteiger partial charge in [0.15, 0.2) is 6.61 Å². The Morgan fingerprint density at radius 1 is 1.09 bits per heavy atom. The number of carbonyl (C=O) groups is 3. The van der Waals surface area contributed by atoms with Crippen LogP contribution in [-0.2, 0) is 27.2 Å². The predicted molar refractivity (Wildman–Crippen MR) is 135 cm³/mol. The summed E-state index contributed by atoms with van der Waals surface area (Å²) in [5.41, 5.74) is 5.74. The third kappa shape index (κ3) is 5.34. The second-order valence-electron chi connectivity index (χ2n) is 9.42. The molecular weight excluding hydrogens is 442 g/mol. The summed E-state index contributed by atoms with van der Waals surface area (Å²) in [6.45, 7) is 5.41. The average Bonchev–Trinajstić information content (AvgIpc) is 2.83. The van der Waals surface area contributed by atoms with Gasteiger partial charge in [0.2, 0.25) is 5.91 Å². The van der Waals surface area contributed by atoms with Gasteiger partial charge in [-0.2, -0.15) is 0 Å². The van der Waals surface area contributed by atoms with Gasteiger partial charge in [0.25, 0.3) is 5.91 Å². The lowest BCUT2D eigenvalue weighted by atomic mass is 9.84. The average molecular weight is 474 g/mol. The predicted octanol–water partition coefficient (Wildman–Crippen LogP) is 4.23. The highest BCUT2D eigenvalue weighted by atomic mass is 16.5. The SMILES string of the molecule is Cc1cccc(C)c1NC(=O)CN(C)C(=O)COC(=O)c1c2c(nc3ccccc13)CC[C@H](C)C2. The molecule has 0 unspecified atom stereocenters. The number of fused-ring (bicyclic) bond motifs is 2. The van der Waals surface area contributed by atoms with Gasteiger partial charge >= 0.3 is 5.97 Å². The molecule has 0 spiro atoms. The minimum Gasteiger partial charge on any atom is -0.452 e. The van der Waals surface area contributed by atoms with E-state index in [-0.39, 0.29) is 12.5 Å². The second kappa shape index (κ2) is 10.3. The van der Waals surface area contributed by atoms with Crippen LogP contribution in [0, 0.1) is 19.8 Å². The Balaban J connectivity index is 1.43. The van der Waals surface area contributed by atoms with E-state index in [0.29, 0.717) is 11.5 Å². The molecule has 0 radical (unpaired) electrons. The first-order valence-corrected chi connectivity index (χ1v) is 11.9. The van der Waals surface area contributed by atoms with Gasteiger partial charge in [-0.25, -0.2) is 4.79 Å². The molecule has 1 atom stereocenters. The molecule has 0 saturated carbocycles. The van der Waals surface area contributed by atoms with Gasteiger partial charge in [0.1, 0.15) is 0 Å². The second-order valence-corrected chi connectivity index (χ2v) is 9.42. The number of hydrogen-bond donors (Lipinski definition) is 1. The van der Waals surface area contributed by atoms with Crippen LogP contribution in [0.15, 0.2) is 42.5 Å². The number of esters is 1. The van der Waals surface area contributed by atoms with Crippen LogP contribution in [0.1, 0.15) is 46.1 Å². The number of para-hydroxylation sites is 2. The van der Waals surface area contributed by atoms with E-state index in [4.69, 9.17) is 9.72 Å². The summed E-state index contributed by atoms with van der Waals surface area (Å²) in [5.74, 6) is -0.848. The number of aromatic nitrogens is 1. The topological polar surface area (TPSA) is 88.6 Å². The molecule has 1 heterocycles. The number of ether oxygens (including phenoxy) is 1. The summed E-state index contributed by atoms with van der Waals surface area (Å²) >= 11 is 0. The van der Waals surface area contributed by atoms with E-state index in [1.807, 2.05) is 56.3 Å². The van der Waals surface area contributed by atoms with E-state index in [1.165, 1.54) is 11.9 Å². The lowest BCUT2D eigenvalue weighted by molar-refractivity contribution is -0.136. The minimum absolute atomic E-state index is 0.144. The zero-order chi connectivity index (χ0) is 25.1. The number of pyridine rings is 1. The van der Waals surface area contributed by atoms with Crippen molar-refractivity contribution in [3.05, 3.63) is 70.4 Å². The largest absolute Gasteiger partial charge is 0.452 e. The van der Waals surface area contributed by atoms with Crippen LogP contribution in [0.4, 0.5) is 5.69 Å². The van der Waals surface area contributed by atoms with Crippen LogP contribution in [0.25, 0.3) is 10.9 Å². The minimum atomic E-state index is -0.532. The maximum Gasteiger partial charge on any atom is 0.339 e. The van der Waals surface area contributed by atoms with Crippen molar-refractivity contribution in [1.82, 2.24) is 9.88 Å². The first-order valence-electron chi connectivity index (χ1n) is 11.9. The van der Waals surface area contributed by atoms with Crippen molar-refractivity contribution in [2.45, 2.75) is 40.0 Å². The number of anilines is 1. The first kappa shape index (κ1) is 24.4. The molecule has 2 amide bonds. The van der Waals surface area contributed by atoms with E-state index in [0.717, 1.165) is 58.2 Å². The third-order valence-corrected chi connectivity index (χ3v) is 6.59. The Bertz CT molecular complexity index is 1280. The zero-order valence-corrected chi connectivity index (χ0v) is 20.7. The maximum atomic E-state index is 13.2. The van der Waals surface area contributed by atoms with Crippen LogP contribution in [0.2, 0.25) is 0 Å². The highest BCUT2D eigenvalue weighted by Gasteiger charge is 2.27. The highest BCUT2D eigenvalue weighted by Crippen LogP contribution is 2.32. The van der Waals surface area contributed by atoms with Gasteiger partial charge in [0, 0.05) is 23.8 Å². The highest BCUT2D eigenvalue weighted by molar-refractivity contribution is 6.05. The molecule has 0 aliphatic heterocycles. The lowest BCUT2D eigenvalue weighted by Gasteiger charge is -2.24. The molecule has 35 heavy (non-hydrogen) atoms. The van der Waals surface area contributed by atoms with E-state index in [2.05, 4.69) is 12.2 Å². The summed E-state index contributed by atoms with van der Waals surface area (Å²) in [6, 6.07) is 13.3. The molecule has 182 valence electrons. The number of nitrogens with zero attached hydrogens (tertiary/aromatic N) is 2. The third-order valence-electron chi connectivity index (χ3n) is 6.59. The van der Waals surface area contributed by atoms with Gasteiger partial charge in [0.05, 0.1) is 17.6 Å². The summed E-state index contributed by atoms with van der Waals surface area (Å²) in [7, 11) is 1.52. The van der Waals surface area contributed by atoms with Gasteiger partial charge in [-0.3, -0.25) is 14.6 Å². The molecule has 2 aromatic carbocycles. The van der Waals surface area contributed by atoms with Crippen LogP contribution < -0.4 is 5.32 Å². The molecular formula is C28H31N3O4. The molecule has 1 aliphatic carbocycles. The van der Waals surface area contributed by atoms with Gasteiger partial charge in [-0.15, -0.1) is 0 Å². The van der Waals surface area contributed by atoms with Crippen LogP contribution in [-0.4, -0.2) is 47.9 Å². The summed E-state index contributed by atoms with van der Waals surface area (Å²) in [6.07, 6.45) is 2.60. The smallest absolute Gasteiger partial charge is 0.339 e. The quantitative estimate of drug-likeness (QED) is 0.541. The fourth-order valence-electron chi connectivity index (χ4n) is 4.60. The fourth-order valence-corrected chi connectivity index (χ4v) is 4.60. The fraction of sp³-hybridized carbons (Fsp3) is 0.357. The van der Waals surface area contributed by atoms with Crippen LogP contribution in [0.5, 0.6) is 0 Å². The molecule has 0 fully saturated rings. The standard InChI is InChI=1S/C28H31N3O4/c1-17-12-13-23-21(14-17)26(20-10-5-6-11-22(20)29-23)28(34)35-16-25(33)31(4)15-24(32)30-27-18(2)8-7-9-19(27)3/h5-11,17H,12-16H2,1-4H3,(H,30,32)/t17-/m0/s1. The molecule has 3 aromatic rings. The Morgan fingerprint density at radius 3 is 2.54 bits per heavy atom. The number of likely N-dealkylation sites (N-methyl/N-ethyl adjacent to an activating group) is 1. The van der Waals surface area contributed by atoms with E-state index in [9.17, 15) is 14.4 Å². The molecule has 7 nitrogen and oxygen atoms in total. The first-order chi connectivity index (χ1) is 16.7. The molecule has 1 aromatic heterocycles.